The number of aliphatic hydroxyl groups excluding tert-OH is 1. The van der Waals surface area contributed by atoms with Gasteiger partial charge < -0.3 is 10.0 Å². The van der Waals surface area contributed by atoms with Gasteiger partial charge in [-0.25, -0.2) is 0 Å². The zero-order valence-corrected chi connectivity index (χ0v) is 21.2. The monoisotopic (exact) mass is 476 g/mol. The Balaban J connectivity index is 0.000000486. The number of piperidine rings is 1. The van der Waals surface area contributed by atoms with Gasteiger partial charge in [-0.2, -0.15) is 11.3 Å². The van der Waals surface area contributed by atoms with Gasteiger partial charge in [0.15, 0.2) is 0 Å². The third-order valence-corrected chi connectivity index (χ3v) is 7.82. The number of nitrogens with zero attached hydrogens (tertiary/aromatic N) is 2. The molecule has 2 aromatic carbocycles. The Hall–Kier alpha value is -1.98. The summed E-state index contributed by atoms with van der Waals surface area (Å²) in [7, 11) is 0. The van der Waals surface area contributed by atoms with Crippen LogP contribution in [0.2, 0.25) is 0 Å². The van der Waals surface area contributed by atoms with Gasteiger partial charge in [0.05, 0.1) is 6.10 Å². The summed E-state index contributed by atoms with van der Waals surface area (Å²) in [6.07, 6.45) is 5.37. The van der Waals surface area contributed by atoms with Crippen molar-refractivity contribution in [3.05, 3.63) is 94.7 Å². The molecule has 2 fully saturated rings. The highest BCUT2D eigenvalue weighted by Gasteiger charge is 2.27. The molecule has 3 heterocycles. The summed E-state index contributed by atoms with van der Waals surface area (Å²) in [4.78, 5) is 5.30. The van der Waals surface area contributed by atoms with E-state index in [1.165, 1.54) is 63.1 Å². The van der Waals surface area contributed by atoms with E-state index in [1.807, 2.05) is 29.0 Å². The van der Waals surface area contributed by atoms with E-state index in [2.05, 4.69) is 64.4 Å². The van der Waals surface area contributed by atoms with Crippen molar-refractivity contribution in [2.24, 2.45) is 11.8 Å². The number of benzene rings is 2. The van der Waals surface area contributed by atoms with Gasteiger partial charge in [-0.05, 0) is 85.5 Å². The number of hydrogen-bond donors (Lipinski definition) is 1. The molecule has 2 atom stereocenters. The maximum absolute atomic E-state index is 10.5. The van der Waals surface area contributed by atoms with Crippen LogP contribution in [0.3, 0.4) is 0 Å². The molecule has 0 spiro atoms. The lowest BCUT2D eigenvalue weighted by Gasteiger charge is -2.34. The molecule has 5 rings (SSSR count). The number of aliphatic hydroxyl groups is 1. The lowest BCUT2D eigenvalue weighted by atomic mass is 9.89. The molecular weight excluding hydrogens is 436 g/mol. The molecule has 0 aliphatic carbocycles. The molecule has 1 N–H and O–H groups in total. The van der Waals surface area contributed by atoms with Crippen LogP contribution in [0.15, 0.2) is 83.6 Å². The molecular formula is C30H40N2OS. The minimum atomic E-state index is -0.199. The van der Waals surface area contributed by atoms with E-state index < -0.39 is 0 Å². The molecule has 0 amide bonds. The van der Waals surface area contributed by atoms with E-state index in [9.17, 15) is 5.11 Å². The maximum atomic E-state index is 10.5. The summed E-state index contributed by atoms with van der Waals surface area (Å²) >= 11 is 1.71. The van der Waals surface area contributed by atoms with Crippen LogP contribution in [0.4, 0.5) is 0 Å². The van der Waals surface area contributed by atoms with Crippen LogP contribution in [-0.4, -0.2) is 53.7 Å². The molecule has 2 aliphatic heterocycles. The fourth-order valence-electron chi connectivity index (χ4n) is 5.40. The third kappa shape index (κ3) is 8.66. The minimum absolute atomic E-state index is 0.199. The maximum Gasteiger partial charge on any atom is 0.0583 e. The molecule has 3 aromatic rings. The molecule has 3 nitrogen and oxygen atoms in total. The van der Waals surface area contributed by atoms with Crippen molar-refractivity contribution in [2.75, 3.05) is 32.7 Å². The predicted octanol–water partition coefficient (Wildman–Crippen LogP) is 5.96. The smallest absolute Gasteiger partial charge is 0.0583 e. The van der Waals surface area contributed by atoms with Gasteiger partial charge in [-0.1, -0.05) is 72.8 Å². The average Bonchev–Trinajstić information content (AvgIpc) is 3.58. The molecule has 4 heteroatoms. The molecule has 2 unspecified atom stereocenters. The Labute approximate surface area is 210 Å². The molecule has 2 saturated heterocycles. The van der Waals surface area contributed by atoms with Gasteiger partial charge in [-0.3, -0.25) is 4.90 Å². The lowest BCUT2D eigenvalue weighted by Crippen LogP contribution is -2.38. The highest BCUT2D eigenvalue weighted by atomic mass is 32.1. The summed E-state index contributed by atoms with van der Waals surface area (Å²) in [5.74, 6) is 1.50. The van der Waals surface area contributed by atoms with Gasteiger partial charge in [0.25, 0.3) is 0 Å². The molecule has 34 heavy (non-hydrogen) atoms. The van der Waals surface area contributed by atoms with Crippen molar-refractivity contribution in [2.45, 2.75) is 44.8 Å². The van der Waals surface area contributed by atoms with Crippen molar-refractivity contribution >= 4 is 11.3 Å². The number of thiophene rings is 1. The van der Waals surface area contributed by atoms with Gasteiger partial charge in [-0.15, -0.1) is 0 Å². The SMILES string of the molecule is OC(Cc1ccccc1)CC1CCN(CC2CCN(Cc3ccccc3)C2)CC1.c1ccsc1. The molecule has 1 aromatic heterocycles. The van der Waals surface area contributed by atoms with Crippen LogP contribution >= 0.6 is 11.3 Å². The van der Waals surface area contributed by atoms with Crippen LogP contribution in [0.25, 0.3) is 0 Å². The first-order valence-corrected chi connectivity index (χ1v) is 13.9. The fourth-order valence-corrected chi connectivity index (χ4v) is 5.85. The number of likely N-dealkylation sites (tertiary alicyclic amines) is 2. The van der Waals surface area contributed by atoms with Crippen LogP contribution < -0.4 is 0 Å². The summed E-state index contributed by atoms with van der Waals surface area (Å²) < 4.78 is 0. The van der Waals surface area contributed by atoms with Crippen LogP contribution in [0, 0.1) is 11.8 Å². The van der Waals surface area contributed by atoms with Crippen molar-refractivity contribution in [1.29, 1.82) is 0 Å². The Morgan fingerprint density at radius 3 is 1.94 bits per heavy atom. The number of hydrogen-bond acceptors (Lipinski definition) is 4. The van der Waals surface area contributed by atoms with E-state index in [0.29, 0.717) is 5.92 Å². The van der Waals surface area contributed by atoms with Gasteiger partial charge in [0.2, 0.25) is 0 Å². The molecule has 2 aliphatic rings. The summed E-state index contributed by atoms with van der Waals surface area (Å²) in [6.45, 7) is 7.24. The van der Waals surface area contributed by atoms with Gasteiger partial charge in [0.1, 0.15) is 0 Å². The van der Waals surface area contributed by atoms with Gasteiger partial charge >= 0.3 is 0 Å². The minimum Gasteiger partial charge on any atom is -0.393 e. The zero-order chi connectivity index (χ0) is 23.4. The second-order valence-corrected chi connectivity index (χ2v) is 10.8. The molecule has 0 radical (unpaired) electrons. The zero-order valence-electron chi connectivity index (χ0n) is 20.3. The van der Waals surface area contributed by atoms with E-state index in [-0.39, 0.29) is 6.10 Å². The largest absolute Gasteiger partial charge is 0.393 e. The van der Waals surface area contributed by atoms with Crippen molar-refractivity contribution < 1.29 is 5.11 Å². The van der Waals surface area contributed by atoms with Crippen molar-refractivity contribution in [3.63, 3.8) is 0 Å². The summed E-state index contributed by atoms with van der Waals surface area (Å²) in [6, 6.07) is 25.3. The standard InChI is InChI=1S/C26H36N2O.C4H4S/c29-26(17-22-7-3-1-4-8-22)18-23-11-14-27(15-12-23)20-25-13-16-28(21-25)19-24-9-5-2-6-10-24;1-2-4-5-3-1/h1-10,23,25-26,29H,11-21H2;1-4H. The summed E-state index contributed by atoms with van der Waals surface area (Å²) in [5.41, 5.74) is 2.68. The Morgan fingerprint density at radius 2 is 1.32 bits per heavy atom. The first-order chi connectivity index (χ1) is 16.7. The van der Waals surface area contributed by atoms with Gasteiger partial charge in [0, 0.05) is 19.6 Å². The highest BCUT2D eigenvalue weighted by molar-refractivity contribution is 7.07. The molecule has 182 valence electrons. The highest BCUT2D eigenvalue weighted by Crippen LogP contribution is 2.26. The van der Waals surface area contributed by atoms with E-state index in [1.54, 1.807) is 11.3 Å². The normalized spacial score (nSPS) is 20.6. The van der Waals surface area contributed by atoms with Crippen molar-refractivity contribution in [3.8, 4) is 0 Å². The number of rotatable bonds is 8. The van der Waals surface area contributed by atoms with E-state index >= 15 is 0 Å². The fraction of sp³-hybridized carbons (Fsp3) is 0.467. The third-order valence-electron chi connectivity index (χ3n) is 7.19. The van der Waals surface area contributed by atoms with E-state index in [4.69, 9.17) is 0 Å². The van der Waals surface area contributed by atoms with Crippen LogP contribution in [0.1, 0.15) is 36.8 Å². The topological polar surface area (TPSA) is 26.7 Å². The molecule has 0 saturated carbocycles. The predicted molar refractivity (Wildman–Crippen MR) is 144 cm³/mol. The van der Waals surface area contributed by atoms with Crippen molar-refractivity contribution in [1.82, 2.24) is 9.80 Å². The van der Waals surface area contributed by atoms with E-state index in [0.717, 1.165) is 25.3 Å². The Kier molecular flexibility index (Phi) is 10.2. The Morgan fingerprint density at radius 1 is 0.735 bits per heavy atom. The summed E-state index contributed by atoms with van der Waals surface area (Å²) in [5, 5.41) is 14.6. The first kappa shape index (κ1) is 25.1. The quantitative estimate of drug-likeness (QED) is 0.434. The first-order valence-electron chi connectivity index (χ1n) is 12.9. The lowest BCUT2D eigenvalue weighted by molar-refractivity contribution is 0.102. The van der Waals surface area contributed by atoms with Crippen LogP contribution in [-0.2, 0) is 13.0 Å². The van der Waals surface area contributed by atoms with Crippen LogP contribution in [0.5, 0.6) is 0 Å². The second-order valence-electron chi connectivity index (χ2n) is 9.99. The second kappa shape index (κ2) is 13.8. The Bertz CT molecular complexity index is 877. The molecule has 0 bridgehead atoms. The average molecular weight is 477 g/mol.